The van der Waals surface area contributed by atoms with Gasteiger partial charge in [-0.15, -0.1) is 0 Å². The van der Waals surface area contributed by atoms with Crippen molar-refractivity contribution in [3.05, 3.63) is 47.3 Å². The lowest BCUT2D eigenvalue weighted by Gasteiger charge is -2.01. The third kappa shape index (κ3) is 1.87. The van der Waals surface area contributed by atoms with Crippen molar-refractivity contribution in [1.82, 2.24) is 4.98 Å². The molecule has 1 heterocycles. The third-order valence-corrected chi connectivity index (χ3v) is 2.57. The number of carbonyl (C=O) groups excluding carboxylic acids is 1. The predicted molar refractivity (Wildman–Crippen MR) is 63.3 cm³/mol. The maximum atomic E-state index is 10.9. The molecule has 2 aromatic rings. The SMILES string of the molecule is N#Cc1[nH]cc(C=O)c1-c1ccc(C(=O)O)cc1. The summed E-state index contributed by atoms with van der Waals surface area (Å²) in [5.74, 6) is -1.02. The van der Waals surface area contributed by atoms with E-state index in [9.17, 15) is 9.59 Å². The molecular formula is C13H8N2O3. The van der Waals surface area contributed by atoms with Gasteiger partial charge in [-0.05, 0) is 17.7 Å². The highest BCUT2D eigenvalue weighted by Gasteiger charge is 2.13. The average Bonchev–Trinajstić information content (AvgIpc) is 2.81. The fraction of sp³-hybridized carbons (Fsp3) is 0. The van der Waals surface area contributed by atoms with Gasteiger partial charge in [0.1, 0.15) is 11.8 Å². The van der Waals surface area contributed by atoms with Crippen molar-refractivity contribution in [3.8, 4) is 17.2 Å². The first-order valence-electron chi connectivity index (χ1n) is 5.07. The highest BCUT2D eigenvalue weighted by Crippen LogP contribution is 2.26. The Morgan fingerprint density at radius 3 is 2.50 bits per heavy atom. The van der Waals surface area contributed by atoms with Crippen molar-refractivity contribution in [1.29, 1.82) is 5.26 Å². The van der Waals surface area contributed by atoms with Crippen LogP contribution in [0.2, 0.25) is 0 Å². The summed E-state index contributed by atoms with van der Waals surface area (Å²) in [7, 11) is 0. The molecule has 0 spiro atoms. The lowest BCUT2D eigenvalue weighted by atomic mass is 10.0. The Labute approximate surface area is 102 Å². The normalized spacial score (nSPS) is 9.72. The van der Waals surface area contributed by atoms with E-state index in [0.717, 1.165) is 0 Å². The summed E-state index contributed by atoms with van der Waals surface area (Å²) in [6.45, 7) is 0. The fourth-order valence-corrected chi connectivity index (χ4v) is 1.71. The number of carboxylic acid groups (broad SMARTS) is 1. The molecule has 0 saturated heterocycles. The molecule has 2 rings (SSSR count). The molecule has 5 nitrogen and oxygen atoms in total. The molecule has 1 aromatic carbocycles. The van der Waals surface area contributed by atoms with Crippen LogP contribution in [-0.2, 0) is 0 Å². The minimum absolute atomic E-state index is 0.153. The second-order valence-corrected chi connectivity index (χ2v) is 3.61. The van der Waals surface area contributed by atoms with Gasteiger partial charge < -0.3 is 10.1 Å². The molecule has 0 unspecified atom stereocenters. The standard InChI is InChI=1S/C13H8N2O3/c14-5-11-12(10(7-16)6-15-11)8-1-3-9(4-2-8)13(17)18/h1-4,6-7,15H,(H,17,18). The summed E-state index contributed by atoms with van der Waals surface area (Å²) in [6, 6.07) is 7.96. The van der Waals surface area contributed by atoms with Crippen LogP contribution < -0.4 is 0 Å². The summed E-state index contributed by atoms with van der Waals surface area (Å²) >= 11 is 0. The molecule has 18 heavy (non-hydrogen) atoms. The molecule has 0 amide bonds. The zero-order valence-electron chi connectivity index (χ0n) is 9.18. The van der Waals surface area contributed by atoms with E-state index in [4.69, 9.17) is 10.4 Å². The van der Waals surface area contributed by atoms with Crippen LogP contribution in [0.15, 0.2) is 30.5 Å². The van der Waals surface area contributed by atoms with E-state index in [1.807, 2.05) is 6.07 Å². The Hall–Kier alpha value is -2.87. The summed E-state index contributed by atoms with van der Waals surface area (Å²) in [5.41, 5.74) is 1.92. The van der Waals surface area contributed by atoms with Gasteiger partial charge >= 0.3 is 5.97 Å². The first-order valence-corrected chi connectivity index (χ1v) is 5.07. The maximum Gasteiger partial charge on any atom is 0.335 e. The molecule has 1 aromatic heterocycles. The Balaban J connectivity index is 2.55. The van der Waals surface area contributed by atoms with Gasteiger partial charge in [-0.3, -0.25) is 4.79 Å². The Morgan fingerprint density at radius 1 is 1.33 bits per heavy atom. The van der Waals surface area contributed by atoms with Gasteiger partial charge in [-0.25, -0.2) is 4.79 Å². The minimum atomic E-state index is -1.02. The molecule has 0 aliphatic rings. The number of H-pyrrole nitrogens is 1. The van der Waals surface area contributed by atoms with Crippen molar-refractivity contribution < 1.29 is 14.7 Å². The van der Waals surface area contributed by atoms with Crippen molar-refractivity contribution >= 4 is 12.3 Å². The Morgan fingerprint density at radius 2 is 2.00 bits per heavy atom. The number of nitriles is 1. The van der Waals surface area contributed by atoms with Crippen LogP contribution in [0.5, 0.6) is 0 Å². The molecule has 0 aliphatic heterocycles. The molecule has 0 radical (unpaired) electrons. The van der Waals surface area contributed by atoms with Gasteiger partial charge in [0.2, 0.25) is 0 Å². The number of rotatable bonds is 3. The highest BCUT2D eigenvalue weighted by molar-refractivity contribution is 5.92. The van der Waals surface area contributed by atoms with Crippen LogP contribution in [0, 0.1) is 11.3 Å². The Bertz CT molecular complexity index is 648. The van der Waals surface area contributed by atoms with Crippen molar-refractivity contribution in [2.45, 2.75) is 0 Å². The van der Waals surface area contributed by atoms with Gasteiger partial charge in [0, 0.05) is 17.3 Å². The van der Waals surface area contributed by atoms with Gasteiger partial charge in [0.05, 0.1) is 5.56 Å². The molecule has 0 atom stereocenters. The number of benzene rings is 1. The first-order chi connectivity index (χ1) is 8.67. The maximum absolute atomic E-state index is 10.9. The number of nitrogens with one attached hydrogen (secondary N) is 1. The van der Waals surface area contributed by atoms with Crippen LogP contribution >= 0.6 is 0 Å². The topological polar surface area (TPSA) is 94.0 Å². The molecule has 0 aliphatic carbocycles. The van der Waals surface area contributed by atoms with Crippen LogP contribution in [0.4, 0.5) is 0 Å². The lowest BCUT2D eigenvalue weighted by Crippen LogP contribution is -1.95. The second kappa shape index (κ2) is 4.55. The van der Waals surface area contributed by atoms with Gasteiger partial charge in [0.15, 0.2) is 6.29 Å². The van der Waals surface area contributed by atoms with Crippen LogP contribution in [0.3, 0.4) is 0 Å². The van der Waals surface area contributed by atoms with Gasteiger partial charge in [-0.2, -0.15) is 5.26 Å². The van der Waals surface area contributed by atoms with Crippen molar-refractivity contribution in [3.63, 3.8) is 0 Å². The number of aldehydes is 1. The highest BCUT2D eigenvalue weighted by atomic mass is 16.4. The molecule has 5 heteroatoms. The molecule has 0 fully saturated rings. The predicted octanol–water partition coefficient (Wildman–Crippen LogP) is 2.06. The Kier molecular flexibility index (Phi) is 2.94. The smallest absolute Gasteiger partial charge is 0.335 e. The lowest BCUT2D eigenvalue weighted by molar-refractivity contribution is 0.0696. The number of aromatic carboxylic acids is 1. The number of nitrogens with zero attached hydrogens (tertiary/aromatic N) is 1. The van der Waals surface area contributed by atoms with E-state index in [-0.39, 0.29) is 11.3 Å². The zero-order chi connectivity index (χ0) is 13.1. The van der Waals surface area contributed by atoms with E-state index in [1.165, 1.54) is 18.3 Å². The summed E-state index contributed by atoms with van der Waals surface area (Å²) in [5, 5.41) is 17.7. The van der Waals surface area contributed by atoms with E-state index in [0.29, 0.717) is 23.0 Å². The van der Waals surface area contributed by atoms with Crippen molar-refractivity contribution in [2.24, 2.45) is 0 Å². The molecule has 2 N–H and O–H groups in total. The van der Waals surface area contributed by atoms with Crippen LogP contribution in [-0.4, -0.2) is 22.3 Å². The third-order valence-electron chi connectivity index (χ3n) is 2.57. The van der Waals surface area contributed by atoms with Crippen LogP contribution in [0.25, 0.3) is 11.1 Å². The number of carboxylic acids is 1. The minimum Gasteiger partial charge on any atom is -0.478 e. The van der Waals surface area contributed by atoms with Gasteiger partial charge in [0.25, 0.3) is 0 Å². The van der Waals surface area contributed by atoms with E-state index in [2.05, 4.69) is 4.98 Å². The zero-order valence-corrected chi connectivity index (χ0v) is 9.18. The second-order valence-electron chi connectivity index (χ2n) is 3.61. The molecule has 88 valence electrons. The number of aromatic nitrogens is 1. The first kappa shape index (κ1) is 11.6. The summed E-state index contributed by atoms with van der Waals surface area (Å²) in [6.07, 6.45) is 2.10. The monoisotopic (exact) mass is 240 g/mol. The van der Waals surface area contributed by atoms with Gasteiger partial charge in [-0.1, -0.05) is 12.1 Å². The number of hydrogen-bond donors (Lipinski definition) is 2. The number of aromatic amines is 1. The summed E-state index contributed by atoms with van der Waals surface area (Å²) in [4.78, 5) is 24.3. The van der Waals surface area contributed by atoms with Crippen LogP contribution in [0.1, 0.15) is 26.4 Å². The number of hydrogen-bond acceptors (Lipinski definition) is 3. The fourth-order valence-electron chi connectivity index (χ4n) is 1.71. The molecule has 0 saturated carbocycles. The van der Waals surface area contributed by atoms with Crippen molar-refractivity contribution in [2.75, 3.05) is 0 Å². The van der Waals surface area contributed by atoms with E-state index in [1.54, 1.807) is 12.1 Å². The largest absolute Gasteiger partial charge is 0.478 e. The molecule has 0 bridgehead atoms. The van der Waals surface area contributed by atoms with E-state index < -0.39 is 5.97 Å². The average molecular weight is 240 g/mol. The molecular weight excluding hydrogens is 232 g/mol. The summed E-state index contributed by atoms with van der Waals surface area (Å²) < 4.78 is 0. The number of carbonyl (C=O) groups is 2. The van der Waals surface area contributed by atoms with E-state index >= 15 is 0 Å². The quantitative estimate of drug-likeness (QED) is 0.803.